The third kappa shape index (κ3) is 6.81. The molecule has 0 amide bonds. The first-order valence-corrected chi connectivity index (χ1v) is 14.7. The fourth-order valence-corrected chi connectivity index (χ4v) is 5.99. The van der Waals surface area contributed by atoms with Crippen molar-refractivity contribution < 1.29 is 14.2 Å². The molecule has 0 radical (unpaired) electrons. The van der Waals surface area contributed by atoms with E-state index in [1.165, 1.54) is 11.1 Å². The number of hydrogen-bond acceptors (Lipinski definition) is 5. The highest BCUT2D eigenvalue weighted by molar-refractivity contribution is 6.35. The van der Waals surface area contributed by atoms with Crippen LogP contribution in [0.15, 0.2) is 85.5 Å². The molecule has 0 bridgehead atoms. The van der Waals surface area contributed by atoms with E-state index in [4.69, 9.17) is 49.0 Å². The molecular formula is C32H30Cl3N3O3. The second kappa shape index (κ2) is 12.6. The highest BCUT2D eigenvalue weighted by Crippen LogP contribution is 2.40. The maximum Gasteiger partial charge on any atom is 0.215 e. The topological polar surface area (TPSA) is 48.8 Å². The fraction of sp³-hybridized carbons (Fsp3) is 0.281. The highest BCUT2D eigenvalue weighted by atomic mass is 35.5. The van der Waals surface area contributed by atoms with Gasteiger partial charge in [0.25, 0.3) is 0 Å². The maximum atomic E-state index is 6.59. The molecule has 3 aromatic carbocycles. The van der Waals surface area contributed by atoms with Crippen molar-refractivity contribution in [3.05, 3.63) is 123 Å². The van der Waals surface area contributed by atoms with Gasteiger partial charge in [-0.15, -0.1) is 0 Å². The Labute approximate surface area is 255 Å². The van der Waals surface area contributed by atoms with E-state index in [9.17, 15) is 0 Å². The Hall–Kier alpha value is -2.84. The van der Waals surface area contributed by atoms with Crippen molar-refractivity contribution >= 4 is 40.9 Å². The van der Waals surface area contributed by atoms with Gasteiger partial charge in [-0.2, -0.15) is 0 Å². The first-order chi connectivity index (χ1) is 20.0. The van der Waals surface area contributed by atoms with Gasteiger partial charge in [-0.05, 0) is 59.5 Å². The molecule has 0 spiro atoms. The summed E-state index contributed by atoms with van der Waals surface area (Å²) in [6.45, 7) is 3.94. The van der Waals surface area contributed by atoms with Crippen LogP contribution in [0.5, 0.6) is 5.75 Å². The number of ether oxygens (including phenoxy) is 3. The van der Waals surface area contributed by atoms with Crippen LogP contribution in [-0.2, 0) is 34.8 Å². The summed E-state index contributed by atoms with van der Waals surface area (Å²) in [5.41, 5.74) is 4.54. The lowest BCUT2D eigenvalue weighted by Gasteiger charge is -2.30. The van der Waals surface area contributed by atoms with Crippen LogP contribution < -0.4 is 4.74 Å². The molecule has 1 saturated heterocycles. The molecular weight excluding hydrogens is 581 g/mol. The Morgan fingerprint density at radius 3 is 2.66 bits per heavy atom. The van der Waals surface area contributed by atoms with Crippen molar-refractivity contribution in [2.45, 2.75) is 31.4 Å². The summed E-state index contributed by atoms with van der Waals surface area (Å²) in [4.78, 5) is 6.60. The summed E-state index contributed by atoms with van der Waals surface area (Å²) >= 11 is 18.7. The van der Waals surface area contributed by atoms with Crippen molar-refractivity contribution in [3.8, 4) is 5.75 Å². The van der Waals surface area contributed by atoms with Gasteiger partial charge < -0.3 is 18.8 Å². The third-order valence-corrected chi connectivity index (χ3v) is 8.20. The second-order valence-corrected chi connectivity index (χ2v) is 11.6. The quantitative estimate of drug-likeness (QED) is 0.200. The van der Waals surface area contributed by atoms with Crippen LogP contribution in [0, 0.1) is 0 Å². The number of aromatic nitrogens is 2. The Kier molecular flexibility index (Phi) is 8.68. The standard InChI is InChI=1S/C32H30Cl3N3O3/c33-26-6-3-23(4-7-26)2-1-13-37-14-11-24-16-28(9-5-25(24)18-37)39-19-29-20-40-32(41-29,21-38-15-12-36-22-38)30-10-8-27(34)17-31(30)35/h1-10,12,15-17,22,29H,11,13-14,18-21H2/b2-1-. The monoisotopic (exact) mass is 609 g/mol. The smallest absolute Gasteiger partial charge is 0.215 e. The Morgan fingerprint density at radius 1 is 1.00 bits per heavy atom. The van der Waals surface area contributed by atoms with Gasteiger partial charge in [-0.25, -0.2) is 4.98 Å². The minimum Gasteiger partial charge on any atom is -0.491 e. The molecule has 0 saturated carbocycles. The number of nitrogens with zero attached hydrogens (tertiary/aromatic N) is 3. The van der Waals surface area contributed by atoms with Crippen molar-refractivity contribution in [2.24, 2.45) is 0 Å². The Bertz CT molecular complexity index is 1510. The predicted octanol–water partition coefficient (Wildman–Crippen LogP) is 7.26. The largest absolute Gasteiger partial charge is 0.491 e. The summed E-state index contributed by atoms with van der Waals surface area (Å²) in [7, 11) is 0. The molecule has 6 nitrogen and oxygen atoms in total. The van der Waals surface area contributed by atoms with Crippen LogP contribution in [0.3, 0.4) is 0 Å². The Balaban J connectivity index is 1.06. The fourth-order valence-electron chi connectivity index (χ4n) is 5.31. The molecule has 4 aromatic rings. The van der Waals surface area contributed by atoms with Crippen molar-refractivity contribution in [1.82, 2.24) is 14.5 Å². The lowest BCUT2D eigenvalue weighted by Crippen LogP contribution is -2.34. The molecule has 2 aliphatic rings. The minimum atomic E-state index is -1.07. The van der Waals surface area contributed by atoms with Crippen LogP contribution in [0.25, 0.3) is 6.08 Å². The normalized spacial score (nSPS) is 20.9. The molecule has 41 heavy (non-hydrogen) atoms. The third-order valence-electron chi connectivity index (χ3n) is 7.40. The van der Waals surface area contributed by atoms with Crippen LogP contribution in [0.1, 0.15) is 22.3 Å². The molecule has 9 heteroatoms. The number of rotatable bonds is 9. The van der Waals surface area contributed by atoms with E-state index in [-0.39, 0.29) is 6.10 Å². The summed E-state index contributed by atoms with van der Waals surface area (Å²) in [6.07, 6.45) is 10.4. The molecule has 1 fully saturated rings. The van der Waals surface area contributed by atoms with Gasteiger partial charge >= 0.3 is 0 Å². The van der Waals surface area contributed by atoms with Crippen LogP contribution in [0.2, 0.25) is 15.1 Å². The van der Waals surface area contributed by atoms with Gasteiger partial charge in [-0.3, -0.25) is 4.90 Å². The number of halogens is 3. The van der Waals surface area contributed by atoms with E-state index in [0.29, 0.717) is 29.8 Å². The molecule has 0 N–H and O–H groups in total. The molecule has 0 aliphatic carbocycles. The van der Waals surface area contributed by atoms with Gasteiger partial charge in [0.15, 0.2) is 0 Å². The van der Waals surface area contributed by atoms with Gasteiger partial charge in [0.1, 0.15) is 18.5 Å². The molecule has 1 aromatic heterocycles. The second-order valence-electron chi connectivity index (χ2n) is 10.3. The van der Waals surface area contributed by atoms with Crippen LogP contribution in [0.4, 0.5) is 0 Å². The zero-order valence-electron chi connectivity index (χ0n) is 22.4. The molecule has 6 rings (SSSR count). The highest BCUT2D eigenvalue weighted by Gasteiger charge is 2.45. The van der Waals surface area contributed by atoms with Crippen LogP contribution in [-0.4, -0.2) is 46.9 Å². The van der Waals surface area contributed by atoms with E-state index in [0.717, 1.165) is 48.0 Å². The van der Waals surface area contributed by atoms with E-state index in [2.05, 4.69) is 34.2 Å². The average Bonchev–Trinajstić information content (AvgIpc) is 3.63. The molecule has 2 aliphatic heterocycles. The molecule has 2 atom stereocenters. The van der Waals surface area contributed by atoms with Crippen LogP contribution >= 0.6 is 34.8 Å². The predicted molar refractivity (Wildman–Crippen MR) is 163 cm³/mol. The first-order valence-electron chi connectivity index (χ1n) is 13.6. The summed E-state index contributed by atoms with van der Waals surface area (Å²) in [5, 5.41) is 1.80. The van der Waals surface area contributed by atoms with E-state index in [1.807, 2.05) is 47.2 Å². The van der Waals surface area contributed by atoms with Gasteiger partial charge in [0.2, 0.25) is 5.79 Å². The number of hydrogen-bond donors (Lipinski definition) is 0. The van der Waals surface area contributed by atoms with E-state index in [1.54, 1.807) is 24.7 Å². The first kappa shape index (κ1) is 28.3. The van der Waals surface area contributed by atoms with Gasteiger partial charge in [0, 0.05) is 47.6 Å². The van der Waals surface area contributed by atoms with E-state index >= 15 is 0 Å². The maximum absolute atomic E-state index is 6.59. The van der Waals surface area contributed by atoms with Gasteiger partial charge in [-0.1, -0.05) is 71.2 Å². The van der Waals surface area contributed by atoms with Crippen molar-refractivity contribution in [1.29, 1.82) is 0 Å². The lowest BCUT2D eigenvalue weighted by atomic mass is 9.99. The number of fused-ring (bicyclic) bond motifs is 1. The number of benzene rings is 3. The molecule has 3 heterocycles. The Morgan fingerprint density at radius 2 is 1.85 bits per heavy atom. The summed E-state index contributed by atoms with van der Waals surface area (Å²) < 4.78 is 20.9. The number of imidazole rings is 1. The lowest BCUT2D eigenvalue weighted by molar-refractivity contribution is -0.189. The molecule has 2 unspecified atom stereocenters. The van der Waals surface area contributed by atoms with Crippen molar-refractivity contribution in [2.75, 3.05) is 26.3 Å². The zero-order valence-corrected chi connectivity index (χ0v) is 24.7. The summed E-state index contributed by atoms with van der Waals surface area (Å²) in [6, 6.07) is 19.6. The van der Waals surface area contributed by atoms with Gasteiger partial charge in [0.05, 0.1) is 24.5 Å². The van der Waals surface area contributed by atoms with E-state index < -0.39 is 5.79 Å². The van der Waals surface area contributed by atoms with Crippen molar-refractivity contribution in [3.63, 3.8) is 0 Å². The summed E-state index contributed by atoms with van der Waals surface area (Å²) in [5.74, 6) is -0.238. The SMILES string of the molecule is Clc1ccc(/C=C\CN2CCc3cc(OCC4COC(Cn5ccnc5)(c5ccc(Cl)cc5Cl)O4)ccc3C2)cc1. The zero-order chi connectivity index (χ0) is 28.2. The molecule has 212 valence electrons. The average molecular weight is 611 g/mol. The minimum absolute atomic E-state index is 0.274.